The van der Waals surface area contributed by atoms with Crippen molar-refractivity contribution in [1.82, 2.24) is 19.9 Å². The molecule has 2 N–H and O–H groups in total. The Morgan fingerprint density at radius 2 is 2.11 bits per heavy atom. The molecule has 0 fully saturated rings. The summed E-state index contributed by atoms with van der Waals surface area (Å²) in [4.78, 5) is 43.1. The molecule has 3 rings (SSSR count). The van der Waals surface area contributed by atoms with E-state index in [1.54, 1.807) is 31.6 Å². The second kappa shape index (κ2) is 7.43. The summed E-state index contributed by atoms with van der Waals surface area (Å²) in [5, 5.41) is 0.757. The molecular formula is C18H20N6O2S. The molecule has 0 radical (unpaired) electrons. The first-order valence-corrected chi connectivity index (χ1v) is 9.51. The number of aromatic nitrogens is 3. The molecule has 0 saturated carbocycles. The smallest absolute Gasteiger partial charge is 0.231 e. The molecule has 0 saturated heterocycles. The van der Waals surface area contributed by atoms with Gasteiger partial charge in [-0.25, -0.2) is 15.0 Å². The number of nitrogens with two attached hydrogens (primary N) is 1. The number of carbonyl (C=O) groups is 2. The summed E-state index contributed by atoms with van der Waals surface area (Å²) in [6.07, 6.45) is 6.90. The largest absolute Gasteiger partial charge is 0.369 e. The number of thioether (sulfide) groups is 1. The molecule has 1 unspecified atom stereocenters. The minimum atomic E-state index is -0.855. The van der Waals surface area contributed by atoms with Crippen LogP contribution in [0.25, 0.3) is 0 Å². The van der Waals surface area contributed by atoms with Gasteiger partial charge in [0.15, 0.2) is 11.7 Å². The molecule has 2 aromatic rings. The summed E-state index contributed by atoms with van der Waals surface area (Å²) >= 11 is 1.46. The fourth-order valence-corrected chi connectivity index (χ4v) is 3.09. The predicted molar refractivity (Wildman–Crippen MR) is 102 cm³/mol. The van der Waals surface area contributed by atoms with Crippen molar-refractivity contribution in [3.05, 3.63) is 47.7 Å². The van der Waals surface area contributed by atoms with Crippen LogP contribution in [0.3, 0.4) is 0 Å². The van der Waals surface area contributed by atoms with Crippen molar-refractivity contribution >= 4 is 29.4 Å². The van der Waals surface area contributed by atoms with Gasteiger partial charge in [-0.15, -0.1) is 11.8 Å². The number of hydrogen-bond donors (Lipinski definition) is 1. The highest BCUT2D eigenvalue weighted by Crippen LogP contribution is 2.31. The van der Waals surface area contributed by atoms with Gasteiger partial charge in [0.25, 0.3) is 0 Å². The normalized spacial score (nSPS) is 19.7. The maximum Gasteiger partial charge on any atom is 0.231 e. The second-order valence-electron chi connectivity index (χ2n) is 6.47. The zero-order chi connectivity index (χ0) is 19.6. The number of amides is 1. The number of guanidine groups is 1. The standard InChI is InChI=1S/C18H20N6O2S/c1-18(8-16(26)24(2)17(19)23-18)14-7-11(4-5-20-14)6-13(25)12-9-22-15(27-3)10-21-12/h4-5,7,9-10H,6,8H2,1-3H3,(H2,19,23). The number of Topliss-reactive ketones (excluding diaryl/α,β-unsaturated/α-hetero) is 1. The first-order chi connectivity index (χ1) is 12.8. The fourth-order valence-electron chi connectivity index (χ4n) is 2.78. The SMILES string of the molecule is CSc1cnc(C(=O)Cc2ccnc(C3(C)CC(=O)N(C)C(N)=N3)c2)cn1. The van der Waals surface area contributed by atoms with E-state index in [-0.39, 0.29) is 30.5 Å². The summed E-state index contributed by atoms with van der Waals surface area (Å²) < 4.78 is 0. The van der Waals surface area contributed by atoms with E-state index in [0.717, 1.165) is 10.6 Å². The molecule has 1 aliphatic rings. The highest BCUT2D eigenvalue weighted by molar-refractivity contribution is 7.98. The summed E-state index contributed by atoms with van der Waals surface area (Å²) in [6.45, 7) is 1.81. The quantitative estimate of drug-likeness (QED) is 0.612. The Bertz CT molecular complexity index is 914. The zero-order valence-electron chi connectivity index (χ0n) is 15.3. The van der Waals surface area contributed by atoms with Gasteiger partial charge in [0, 0.05) is 19.7 Å². The third-order valence-corrected chi connectivity index (χ3v) is 5.07. The number of hydrogen-bond acceptors (Lipinski definition) is 8. The molecule has 1 atom stereocenters. The number of carbonyl (C=O) groups excluding carboxylic acids is 2. The Morgan fingerprint density at radius 1 is 1.33 bits per heavy atom. The highest BCUT2D eigenvalue weighted by Gasteiger charge is 2.37. The number of rotatable bonds is 5. The van der Waals surface area contributed by atoms with Crippen molar-refractivity contribution in [2.24, 2.45) is 10.7 Å². The third-order valence-electron chi connectivity index (χ3n) is 4.44. The van der Waals surface area contributed by atoms with Gasteiger partial charge >= 0.3 is 0 Å². The molecule has 0 aromatic carbocycles. The molecule has 2 aromatic heterocycles. The van der Waals surface area contributed by atoms with Crippen LogP contribution < -0.4 is 5.73 Å². The Kier molecular flexibility index (Phi) is 5.22. The van der Waals surface area contributed by atoms with Gasteiger partial charge in [-0.05, 0) is 30.9 Å². The van der Waals surface area contributed by atoms with Crippen molar-refractivity contribution in [2.75, 3.05) is 13.3 Å². The molecule has 3 heterocycles. The van der Waals surface area contributed by atoms with Crippen molar-refractivity contribution in [3.8, 4) is 0 Å². The van der Waals surface area contributed by atoms with E-state index in [1.165, 1.54) is 22.9 Å². The van der Waals surface area contributed by atoms with Crippen molar-refractivity contribution in [3.63, 3.8) is 0 Å². The van der Waals surface area contributed by atoms with E-state index >= 15 is 0 Å². The Labute approximate surface area is 161 Å². The number of aliphatic imine (C=N–C) groups is 1. The Morgan fingerprint density at radius 3 is 2.74 bits per heavy atom. The first kappa shape index (κ1) is 19.0. The topological polar surface area (TPSA) is 114 Å². The van der Waals surface area contributed by atoms with Crippen molar-refractivity contribution in [1.29, 1.82) is 0 Å². The van der Waals surface area contributed by atoms with Gasteiger partial charge in [0.2, 0.25) is 5.91 Å². The van der Waals surface area contributed by atoms with Crippen LogP contribution in [-0.2, 0) is 16.8 Å². The fraction of sp³-hybridized carbons (Fsp3) is 0.333. The Balaban J connectivity index is 1.83. The summed E-state index contributed by atoms with van der Waals surface area (Å²) in [5.41, 5.74) is 6.68. The van der Waals surface area contributed by atoms with Crippen molar-refractivity contribution in [2.45, 2.75) is 30.3 Å². The monoisotopic (exact) mass is 384 g/mol. The van der Waals surface area contributed by atoms with E-state index in [4.69, 9.17) is 5.73 Å². The van der Waals surface area contributed by atoms with E-state index in [0.29, 0.717) is 11.4 Å². The second-order valence-corrected chi connectivity index (χ2v) is 7.29. The van der Waals surface area contributed by atoms with Crippen LogP contribution >= 0.6 is 11.8 Å². The molecule has 1 aliphatic heterocycles. The molecule has 27 heavy (non-hydrogen) atoms. The zero-order valence-corrected chi connectivity index (χ0v) is 16.2. The predicted octanol–water partition coefficient (Wildman–Crippen LogP) is 1.41. The van der Waals surface area contributed by atoms with Gasteiger partial charge in [-0.3, -0.25) is 19.5 Å². The van der Waals surface area contributed by atoms with Crippen LogP contribution in [0.5, 0.6) is 0 Å². The van der Waals surface area contributed by atoms with Crippen LogP contribution in [0.4, 0.5) is 0 Å². The average molecular weight is 384 g/mol. The minimum absolute atomic E-state index is 0.127. The van der Waals surface area contributed by atoms with Gasteiger partial charge in [0.1, 0.15) is 16.3 Å². The highest BCUT2D eigenvalue weighted by atomic mass is 32.2. The van der Waals surface area contributed by atoms with Crippen molar-refractivity contribution < 1.29 is 9.59 Å². The van der Waals surface area contributed by atoms with Gasteiger partial charge < -0.3 is 5.73 Å². The van der Waals surface area contributed by atoms with Gasteiger partial charge in [-0.1, -0.05) is 0 Å². The molecule has 0 spiro atoms. The summed E-state index contributed by atoms with van der Waals surface area (Å²) in [7, 11) is 1.59. The molecule has 140 valence electrons. The number of pyridine rings is 1. The van der Waals surface area contributed by atoms with Gasteiger partial charge in [-0.2, -0.15) is 0 Å². The number of ketones is 1. The first-order valence-electron chi connectivity index (χ1n) is 8.29. The lowest BCUT2D eigenvalue weighted by molar-refractivity contribution is -0.128. The lowest BCUT2D eigenvalue weighted by Gasteiger charge is -2.32. The number of nitrogens with zero attached hydrogens (tertiary/aromatic N) is 5. The maximum atomic E-state index is 12.5. The average Bonchev–Trinajstić information content (AvgIpc) is 2.66. The molecular weight excluding hydrogens is 364 g/mol. The lowest BCUT2D eigenvalue weighted by atomic mass is 9.90. The molecule has 1 amide bonds. The maximum absolute atomic E-state index is 12.5. The lowest BCUT2D eigenvalue weighted by Crippen LogP contribution is -2.47. The molecule has 0 bridgehead atoms. The van der Waals surface area contributed by atoms with E-state index in [1.807, 2.05) is 13.2 Å². The van der Waals surface area contributed by atoms with E-state index < -0.39 is 5.54 Å². The van der Waals surface area contributed by atoms with Crippen LogP contribution in [0.2, 0.25) is 0 Å². The van der Waals surface area contributed by atoms with Crippen LogP contribution in [0.15, 0.2) is 40.7 Å². The summed E-state index contributed by atoms with van der Waals surface area (Å²) in [6, 6.07) is 3.55. The van der Waals surface area contributed by atoms with Gasteiger partial charge in [0.05, 0.1) is 24.5 Å². The molecule has 8 nitrogen and oxygen atoms in total. The summed E-state index contributed by atoms with van der Waals surface area (Å²) in [5.74, 6) is -0.112. The van der Waals surface area contributed by atoms with Crippen LogP contribution in [0.1, 0.15) is 35.1 Å². The third kappa shape index (κ3) is 3.97. The molecule has 9 heteroatoms. The molecule has 0 aliphatic carbocycles. The van der Waals surface area contributed by atoms with Crippen LogP contribution in [0, 0.1) is 0 Å². The Hall–Kier alpha value is -2.81. The minimum Gasteiger partial charge on any atom is -0.369 e. The van der Waals surface area contributed by atoms with E-state index in [9.17, 15) is 9.59 Å². The van der Waals surface area contributed by atoms with E-state index in [2.05, 4.69) is 19.9 Å². The van der Waals surface area contributed by atoms with Crippen LogP contribution in [-0.4, -0.2) is 50.8 Å².